The highest BCUT2D eigenvalue weighted by Gasteiger charge is 2.15. The highest BCUT2D eigenvalue weighted by Crippen LogP contribution is 2.20. The average molecular weight is 142 g/mol. The summed E-state index contributed by atoms with van der Waals surface area (Å²) in [4.78, 5) is 10.9. The first-order valence-corrected chi connectivity index (χ1v) is 4.07. The Morgan fingerprint density at radius 2 is 2.44 bits per heavy atom. The Bertz CT molecular complexity index is 160. The van der Waals surface area contributed by atoms with E-state index in [0.29, 0.717) is 0 Å². The van der Waals surface area contributed by atoms with E-state index in [4.69, 9.17) is 0 Å². The second kappa shape index (κ2) is 2.56. The molecule has 0 bridgehead atoms. The fourth-order valence-corrected chi connectivity index (χ4v) is 1.57. The first-order chi connectivity index (χ1) is 4.20. The normalized spacial score (nSPS) is 28.0. The van der Waals surface area contributed by atoms with Crippen molar-refractivity contribution in [1.82, 2.24) is 0 Å². The van der Waals surface area contributed by atoms with Gasteiger partial charge in [-0.15, -0.1) is 11.8 Å². The standard InChI is InChI=1S/C7H10OS/c1-5-3-7(8)6(2)9-4-5/h3,6H,4H2,1-2H3. The van der Waals surface area contributed by atoms with Crippen molar-refractivity contribution in [2.24, 2.45) is 0 Å². The second-order valence-corrected chi connectivity index (χ2v) is 3.68. The number of carbonyl (C=O) groups excluding carboxylic acids is 1. The molecule has 0 aromatic rings. The molecule has 0 radical (unpaired) electrons. The van der Waals surface area contributed by atoms with Crippen LogP contribution in [0.1, 0.15) is 13.8 Å². The third kappa shape index (κ3) is 1.58. The highest BCUT2D eigenvalue weighted by molar-refractivity contribution is 8.00. The molecular formula is C7H10OS. The fraction of sp³-hybridized carbons (Fsp3) is 0.571. The lowest BCUT2D eigenvalue weighted by molar-refractivity contribution is -0.114. The molecule has 0 aliphatic carbocycles. The monoisotopic (exact) mass is 142 g/mol. The summed E-state index contributed by atoms with van der Waals surface area (Å²) in [6, 6.07) is 0. The summed E-state index contributed by atoms with van der Waals surface area (Å²) in [5.74, 6) is 1.29. The number of rotatable bonds is 0. The van der Waals surface area contributed by atoms with Crippen LogP contribution in [0.5, 0.6) is 0 Å². The summed E-state index contributed by atoms with van der Waals surface area (Å²) < 4.78 is 0. The van der Waals surface area contributed by atoms with Crippen molar-refractivity contribution in [1.29, 1.82) is 0 Å². The molecule has 50 valence electrons. The molecule has 1 unspecified atom stereocenters. The van der Waals surface area contributed by atoms with Crippen LogP contribution in [-0.2, 0) is 4.79 Å². The highest BCUT2D eigenvalue weighted by atomic mass is 32.2. The topological polar surface area (TPSA) is 17.1 Å². The molecule has 1 nitrogen and oxygen atoms in total. The Kier molecular flexibility index (Phi) is 1.96. The van der Waals surface area contributed by atoms with Gasteiger partial charge in [0.2, 0.25) is 0 Å². The number of hydrogen-bond donors (Lipinski definition) is 0. The summed E-state index contributed by atoms with van der Waals surface area (Å²) in [6.45, 7) is 3.95. The molecule has 1 rings (SSSR count). The van der Waals surface area contributed by atoms with Crippen LogP contribution >= 0.6 is 11.8 Å². The molecule has 0 saturated heterocycles. The van der Waals surface area contributed by atoms with E-state index in [1.807, 2.05) is 13.8 Å². The lowest BCUT2D eigenvalue weighted by Crippen LogP contribution is -2.15. The van der Waals surface area contributed by atoms with E-state index in [0.717, 1.165) is 5.75 Å². The number of thioether (sulfide) groups is 1. The maximum atomic E-state index is 10.9. The van der Waals surface area contributed by atoms with Crippen molar-refractivity contribution in [2.45, 2.75) is 19.1 Å². The number of hydrogen-bond acceptors (Lipinski definition) is 2. The molecule has 0 saturated carbocycles. The largest absolute Gasteiger partial charge is 0.294 e. The minimum Gasteiger partial charge on any atom is -0.294 e. The summed E-state index contributed by atoms with van der Waals surface area (Å²) in [5, 5.41) is 0.189. The van der Waals surface area contributed by atoms with Crippen LogP contribution in [-0.4, -0.2) is 16.8 Å². The van der Waals surface area contributed by atoms with Crippen LogP contribution in [0.15, 0.2) is 11.6 Å². The zero-order chi connectivity index (χ0) is 6.85. The molecular weight excluding hydrogens is 132 g/mol. The van der Waals surface area contributed by atoms with Gasteiger partial charge >= 0.3 is 0 Å². The van der Waals surface area contributed by atoms with Crippen molar-refractivity contribution in [2.75, 3.05) is 5.75 Å². The van der Waals surface area contributed by atoms with Gasteiger partial charge in [0.15, 0.2) is 5.78 Å². The van der Waals surface area contributed by atoms with Gasteiger partial charge in [0.05, 0.1) is 5.25 Å². The average Bonchev–Trinajstić information content (AvgIpc) is 1.80. The van der Waals surface area contributed by atoms with Gasteiger partial charge in [-0.05, 0) is 19.9 Å². The Hall–Kier alpha value is -0.240. The van der Waals surface area contributed by atoms with Crippen LogP contribution < -0.4 is 0 Å². The summed E-state index contributed by atoms with van der Waals surface area (Å²) >= 11 is 1.72. The molecule has 0 spiro atoms. The Morgan fingerprint density at radius 3 is 2.89 bits per heavy atom. The van der Waals surface area contributed by atoms with Gasteiger partial charge in [0.1, 0.15) is 0 Å². The molecule has 0 aromatic carbocycles. The Balaban J connectivity index is 2.70. The van der Waals surface area contributed by atoms with E-state index < -0.39 is 0 Å². The van der Waals surface area contributed by atoms with Gasteiger partial charge < -0.3 is 0 Å². The van der Waals surface area contributed by atoms with E-state index >= 15 is 0 Å². The third-order valence-electron chi connectivity index (χ3n) is 1.35. The van der Waals surface area contributed by atoms with Crippen molar-refractivity contribution in [3.05, 3.63) is 11.6 Å². The van der Waals surface area contributed by atoms with Gasteiger partial charge in [0, 0.05) is 5.75 Å². The summed E-state index contributed by atoms with van der Waals surface area (Å²) in [5.41, 5.74) is 1.20. The Morgan fingerprint density at radius 1 is 1.78 bits per heavy atom. The SMILES string of the molecule is CC1=CC(=O)C(C)SC1. The maximum Gasteiger partial charge on any atom is 0.168 e. The van der Waals surface area contributed by atoms with Crippen LogP contribution in [0, 0.1) is 0 Å². The number of allylic oxidation sites excluding steroid dienone is 1. The molecule has 2 heteroatoms. The summed E-state index contributed by atoms with van der Waals surface area (Å²) in [6.07, 6.45) is 1.75. The van der Waals surface area contributed by atoms with Gasteiger partial charge in [-0.2, -0.15) is 0 Å². The molecule has 1 aliphatic rings. The van der Waals surface area contributed by atoms with Crippen LogP contribution in [0.3, 0.4) is 0 Å². The van der Waals surface area contributed by atoms with Gasteiger partial charge in [-0.25, -0.2) is 0 Å². The molecule has 0 fully saturated rings. The van der Waals surface area contributed by atoms with Crippen molar-refractivity contribution in [3.63, 3.8) is 0 Å². The maximum absolute atomic E-state index is 10.9. The molecule has 0 amide bonds. The van der Waals surface area contributed by atoms with Crippen LogP contribution in [0.2, 0.25) is 0 Å². The molecule has 0 aromatic heterocycles. The molecule has 9 heavy (non-hydrogen) atoms. The lowest BCUT2D eigenvalue weighted by Gasteiger charge is -2.13. The van der Waals surface area contributed by atoms with E-state index in [-0.39, 0.29) is 11.0 Å². The second-order valence-electron chi connectivity index (χ2n) is 2.35. The fourth-order valence-electron chi connectivity index (χ4n) is 0.740. The minimum atomic E-state index is 0.189. The lowest BCUT2D eigenvalue weighted by atomic mass is 10.2. The molecule has 1 aliphatic heterocycles. The minimum absolute atomic E-state index is 0.189. The van der Waals surface area contributed by atoms with Gasteiger partial charge in [-0.1, -0.05) is 5.57 Å². The smallest absolute Gasteiger partial charge is 0.168 e. The first-order valence-electron chi connectivity index (χ1n) is 3.03. The van der Waals surface area contributed by atoms with Crippen molar-refractivity contribution >= 4 is 17.5 Å². The molecule has 1 atom stereocenters. The Labute approximate surface area is 59.5 Å². The van der Waals surface area contributed by atoms with Crippen LogP contribution in [0.25, 0.3) is 0 Å². The number of carbonyl (C=O) groups is 1. The predicted molar refractivity (Wildman–Crippen MR) is 40.7 cm³/mol. The number of ketones is 1. The third-order valence-corrected chi connectivity index (χ3v) is 2.70. The summed E-state index contributed by atoms with van der Waals surface area (Å²) in [7, 11) is 0. The van der Waals surface area contributed by atoms with Crippen molar-refractivity contribution in [3.8, 4) is 0 Å². The van der Waals surface area contributed by atoms with E-state index in [9.17, 15) is 4.79 Å². The molecule has 0 N–H and O–H groups in total. The van der Waals surface area contributed by atoms with E-state index in [1.54, 1.807) is 17.8 Å². The first kappa shape index (κ1) is 6.87. The predicted octanol–water partition coefficient (Wildman–Crippen LogP) is 1.64. The van der Waals surface area contributed by atoms with Crippen LogP contribution in [0.4, 0.5) is 0 Å². The van der Waals surface area contributed by atoms with Gasteiger partial charge in [-0.3, -0.25) is 4.79 Å². The molecule has 1 heterocycles. The zero-order valence-electron chi connectivity index (χ0n) is 5.68. The van der Waals surface area contributed by atoms with E-state index in [2.05, 4.69) is 0 Å². The zero-order valence-corrected chi connectivity index (χ0v) is 6.49. The van der Waals surface area contributed by atoms with E-state index in [1.165, 1.54) is 5.57 Å². The quantitative estimate of drug-likeness (QED) is 0.511. The van der Waals surface area contributed by atoms with Gasteiger partial charge in [0.25, 0.3) is 0 Å². The van der Waals surface area contributed by atoms with Crippen molar-refractivity contribution < 1.29 is 4.79 Å².